The Balaban J connectivity index is 2.09. The van der Waals surface area contributed by atoms with Crippen LogP contribution in [0.2, 0.25) is 0 Å². The van der Waals surface area contributed by atoms with E-state index in [0.29, 0.717) is 11.5 Å². The first-order valence-electron chi connectivity index (χ1n) is 6.67. The summed E-state index contributed by atoms with van der Waals surface area (Å²) in [7, 11) is 0. The van der Waals surface area contributed by atoms with Crippen LogP contribution in [0.25, 0.3) is 0 Å². The van der Waals surface area contributed by atoms with E-state index in [4.69, 9.17) is 10.1 Å². The SMILES string of the molecule is N=C/C(=C(\C=O)OC1CCCC1)N1CCNCC1. The first-order valence-corrected chi connectivity index (χ1v) is 6.67. The Labute approximate surface area is 108 Å². The molecule has 0 amide bonds. The van der Waals surface area contributed by atoms with Gasteiger partial charge in [-0.2, -0.15) is 0 Å². The predicted octanol–water partition coefficient (Wildman–Crippen LogP) is 0.911. The Hall–Kier alpha value is -1.36. The number of carbonyl (C=O) groups excluding carboxylic acids is 1. The lowest BCUT2D eigenvalue weighted by atomic mass is 10.2. The van der Waals surface area contributed by atoms with Gasteiger partial charge in [0.2, 0.25) is 0 Å². The number of carbonyl (C=O) groups is 1. The fourth-order valence-corrected chi connectivity index (χ4v) is 2.56. The van der Waals surface area contributed by atoms with Crippen molar-refractivity contribution < 1.29 is 9.53 Å². The van der Waals surface area contributed by atoms with Crippen molar-refractivity contribution in [2.24, 2.45) is 0 Å². The molecule has 2 N–H and O–H groups in total. The molecule has 100 valence electrons. The first kappa shape index (κ1) is 13.1. The normalized spacial score (nSPS) is 22.6. The summed E-state index contributed by atoms with van der Waals surface area (Å²) in [6, 6.07) is 0. The molecule has 0 radical (unpaired) electrons. The van der Waals surface area contributed by atoms with Crippen LogP contribution in [0.4, 0.5) is 0 Å². The van der Waals surface area contributed by atoms with Gasteiger partial charge in [-0.05, 0) is 25.7 Å². The third-order valence-electron chi connectivity index (χ3n) is 3.55. The minimum atomic E-state index is 0.156. The van der Waals surface area contributed by atoms with Crippen LogP contribution in [0.1, 0.15) is 25.7 Å². The number of ether oxygens (including phenoxy) is 1. The Kier molecular flexibility index (Phi) is 4.75. The molecule has 2 aliphatic rings. The molecule has 0 spiro atoms. The highest BCUT2D eigenvalue weighted by Crippen LogP contribution is 2.24. The van der Waals surface area contributed by atoms with Gasteiger partial charge in [0.05, 0.1) is 6.10 Å². The van der Waals surface area contributed by atoms with Gasteiger partial charge in [0.25, 0.3) is 0 Å². The maximum Gasteiger partial charge on any atom is 0.186 e. The maximum atomic E-state index is 11.2. The highest BCUT2D eigenvalue weighted by Gasteiger charge is 2.21. The van der Waals surface area contributed by atoms with Crippen LogP contribution in [0.15, 0.2) is 11.5 Å². The van der Waals surface area contributed by atoms with Gasteiger partial charge in [0, 0.05) is 32.4 Å². The van der Waals surface area contributed by atoms with Crippen molar-refractivity contribution in [3.05, 3.63) is 11.5 Å². The molecule has 0 atom stereocenters. The van der Waals surface area contributed by atoms with Crippen LogP contribution < -0.4 is 5.32 Å². The van der Waals surface area contributed by atoms with Gasteiger partial charge in [-0.15, -0.1) is 0 Å². The number of piperazine rings is 1. The van der Waals surface area contributed by atoms with E-state index in [2.05, 4.69) is 5.32 Å². The van der Waals surface area contributed by atoms with Gasteiger partial charge in [-0.1, -0.05) is 0 Å². The molecule has 0 aromatic heterocycles. The quantitative estimate of drug-likeness (QED) is 0.330. The van der Waals surface area contributed by atoms with Gasteiger partial charge in [-0.3, -0.25) is 4.79 Å². The zero-order valence-electron chi connectivity index (χ0n) is 10.7. The van der Waals surface area contributed by atoms with Crippen molar-refractivity contribution in [2.75, 3.05) is 26.2 Å². The van der Waals surface area contributed by atoms with Gasteiger partial charge < -0.3 is 20.4 Å². The van der Waals surface area contributed by atoms with Crippen molar-refractivity contribution >= 4 is 12.5 Å². The second kappa shape index (κ2) is 6.54. The van der Waals surface area contributed by atoms with Gasteiger partial charge in [0.1, 0.15) is 5.70 Å². The molecule has 1 heterocycles. The standard InChI is InChI=1S/C13H21N3O2/c14-9-12(16-7-5-15-6-8-16)13(10-17)18-11-3-1-2-4-11/h9-11,14-15H,1-8H2/b13-12-,14-9?. The van der Waals surface area contributed by atoms with Crippen LogP contribution >= 0.6 is 0 Å². The van der Waals surface area contributed by atoms with E-state index in [1.54, 1.807) is 0 Å². The summed E-state index contributed by atoms with van der Waals surface area (Å²) < 4.78 is 5.77. The van der Waals surface area contributed by atoms with Gasteiger partial charge in [-0.25, -0.2) is 0 Å². The first-order chi connectivity index (χ1) is 8.85. The lowest BCUT2D eigenvalue weighted by molar-refractivity contribution is -0.109. The Morgan fingerprint density at radius 1 is 1.28 bits per heavy atom. The fraction of sp³-hybridized carbons (Fsp3) is 0.692. The minimum absolute atomic E-state index is 0.156. The number of nitrogens with one attached hydrogen (secondary N) is 2. The Bertz CT molecular complexity index is 329. The van der Waals surface area contributed by atoms with Gasteiger partial charge >= 0.3 is 0 Å². The summed E-state index contributed by atoms with van der Waals surface area (Å²) in [6.07, 6.45) is 6.52. The summed E-state index contributed by atoms with van der Waals surface area (Å²) in [5.74, 6) is 0.332. The molecule has 2 fully saturated rings. The van der Waals surface area contributed by atoms with Crippen molar-refractivity contribution in [1.82, 2.24) is 10.2 Å². The van der Waals surface area contributed by atoms with Crippen molar-refractivity contribution in [1.29, 1.82) is 5.41 Å². The smallest absolute Gasteiger partial charge is 0.186 e. The second-order valence-electron chi connectivity index (χ2n) is 4.77. The summed E-state index contributed by atoms with van der Waals surface area (Å²) >= 11 is 0. The Morgan fingerprint density at radius 2 is 1.94 bits per heavy atom. The molecule has 0 unspecified atom stereocenters. The number of hydrogen-bond acceptors (Lipinski definition) is 5. The van der Waals surface area contributed by atoms with Crippen LogP contribution in [0.3, 0.4) is 0 Å². The van der Waals surface area contributed by atoms with Crippen molar-refractivity contribution in [2.45, 2.75) is 31.8 Å². The molecule has 0 aromatic carbocycles. The molecule has 0 aromatic rings. The monoisotopic (exact) mass is 251 g/mol. The van der Waals surface area contributed by atoms with Crippen molar-refractivity contribution in [3.63, 3.8) is 0 Å². The Morgan fingerprint density at radius 3 is 2.50 bits per heavy atom. The highest BCUT2D eigenvalue weighted by molar-refractivity contribution is 5.85. The molecule has 1 saturated carbocycles. The zero-order valence-corrected chi connectivity index (χ0v) is 10.7. The summed E-state index contributed by atoms with van der Waals surface area (Å²) in [5, 5.41) is 10.8. The number of rotatable bonds is 5. The molecule has 5 heteroatoms. The van der Waals surface area contributed by atoms with Crippen LogP contribution in [0.5, 0.6) is 0 Å². The number of hydrogen-bond donors (Lipinski definition) is 2. The molecule has 5 nitrogen and oxygen atoms in total. The van der Waals surface area contributed by atoms with E-state index in [-0.39, 0.29) is 6.10 Å². The van der Waals surface area contributed by atoms with E-state index in [1.807, 2.05) is 4.90 Å². The van der Waals surface area contributed by atoms with Crippen LogP contribution in [0, 0.1) is 5.41 Å². The van der Waals surface area contributed by atoms with E-state index >= 15 is 0 Å². The molecular formula is C13H21N3O2. The maximum absolute atomic E-state index is 11.2. The number of allylic oxidation sites excluding steroid dienone is 2. The highest BCUT2D eigenvalue weighted by atomic mass is 16.5. The molecule has 2 rings (SSSR count). The molecule has 1 saturated heterocycles. The summed E-state index contributed by atoms with van der Waals surface area (Å²) in [4.78, 5) is 13.3. The predicted molar refractivity (Wildman–Crippen MR) is 69.7 cm³/mol. The molecule has 0 bridgehead atoms. The zero-order chi connectivity index (χ0) is 12.8. The third kappa shape index (κ3) is 3.10. The summed E-state index contributed by atoms with van der Waals surface area (Å²) in [5.41, 5.74) is 0.624. The molecule has 1 aliphatic carbocycles. The number of nitrogens with zero attached hydrogens (tertiary/aromatic N) is 1. The largest absolute Gasteiger partial charge is 0.485 e. The van der Waals surface area contributed by atoms with E-state index in [0.717, 1.165) is 45.3 Å². The van der Waals surface area contributed by atoms with E-state index in [1.165, 1.54) is 19.1 Å². The van der Waals surface area contributed by atoms with Gasteiger partial charge in [0.15, 0.2) is 12.0 Å². The second-order valence-corrected chi connectivity index (χ2v) is 4.77. The average Bonchev–Trinajstić information content (AvgIpc) is 2.92. The van der Waals surface area contributed by atoms with E-state index in [9.17, 15) is 4.79 Å². The molecule has 18 heavy (non-hydrogen) atoms. The van der Waals surface area contributed by atoms with E-state index < -0.39 is 0 Å². The lowest BCUT2D eigenvalue weighted by Gasteiger charge is -2.30. The van der Waals surface area contributed by atoms with Crippen molar-refractivity contribution in [3.8, 4) is 0 Å². The minimum Gasteiger partial charge on any atom is -0.485 e. The lowest BCUT2D eigenvalue weighted by Crippen LogP contribution is -2.43. The molecule has 1 aliphatic heterocycles. The fourth-order valence-electron chi connectivity index (χ4n) is 2.56. The average molecular weight is 251 g/mol. The summed E-state index contributed by atoms with van der Waals surface area (Å²) in [6.45, 7) is 3.39. The third-order valence-corrected chi connectivity index (χ3v) is 3.55. The molecular weight excluding hydrogens is 230 g/mol. The topological polar surface area (TPSA) is 65.4 Å². The van der Waals surface area contributed by atoms with Crippen LogP contribution in [-0.2, 0) is 9.53 Å². The number of aldehydes is 1. The van der Waals surface area contributed by atoms with Crippen LogP contribution in [-0.4, -0.2) is 49.7 Å².